The Hall–Kier alpha value is -2.55. The maximum Gasteiger partial charge on any atom is 0.335 e. The molecule has 106 valence electrons. The van der Waals surface area contributed by atoms with Crippen molar-refractivity contribution in [3.8, 4) is 11.5 Å². The normalized spacial score (nSPS) is 12.8. The number of ether oxygens (including phenoxy) is 2. The number of fused-ring (bicyclic) bond motifs is 2. The molecule has 0 aliphatic heterocycles. The summed E-state index contributed by atoms with van der Waals surface area (Å²) in [6.07, 6.45) is 6.89. The molecule has 2 aromatic rings. The summed E-state index contributed by atoms with van der Waals surface area (Å²) in [5.41, 5.74) is 2.11. The molecule has 1 aliphatic carbocycles. The van der Waals surface area contributed by atoms with Crippen LogP contribution in [0.3, 0.4) is 0 Å². The molecule has 0 saturated carbocycles. The Labute approximate surface area is 123 Å². The SMILES string of the molecule is C=CC(=O)Oc1c2c(c(OC)c3ccccc13)CC=CC2. The topological polar surface area (TPSA) is 35.5 Å². The highest BCUT2D eigenvalue weighted by atomic mass is 16.5. The molecule has 0 unspecified atom stereocenters. The standard InChI is InChI=1S/C18H16O3/c1-3-16(19)21-18-14-10-6-4-8-12(14)17(20-2)13-9-5-7-11-15(13)18/h3-8,10H,1,9,11H2,2H3. The molecule has 21 heavy (non-hydrogen) atoms. The molecule has 0 spiro atoms. The summed E-state index contributed by atoms with van der Waals surface area (Å²) in [4.78, 5) is 11.7. The van der Waals surface area contributed by atoms with Crippen LogP contribution in [-0.4, -0.2) is 13.1 Å². The number of benzene rings is 2. The zero-order valence-corrected chi connectivity index (χ0v) is 11.9. The molecular formula is C18H16O3. The first-order valence-corrected chi connectivity index (χ1v) is 6.86. The lowest BCUT2D eigenvalue weighted by Gasteiger charge is -2.21. The van der Waals surface area contributed by atoms with E-state index in [1.165, 1.54) is 6.08 Å². The highest BCUT2D eigenvalue weighted by Gasteiger charge is 2.22. The van der Waals surface area contributed by atoms with Gasteiger partial charge in [0.15, 0.2) is 0 Å². The van der Waals surface area contributed by atoms with Crippen LogP contribution in [0.5, 0.6) is 11.5 Å². The summed E-state index contributed by atoms with van der Waals surface area (Å²) in [5, 5.41) is 1.85. The van der Waals surface area contributed by atoms with Crippen molar-refractivity contribution in [1.82, 2.24) is 0 Å². The van der Waals surface area contributed by atoms with Crippen molar-refractivity contribution >= 4 is 16.7 Å². The second kappa shape index (κ2) is 5.44. The third-order valence-corrected chi connectivity index (χ3v) is 3.71. The van der Waals surface area contributed by atoms with Gasteiger partial charge < -0.3 is 9.47 Å². The van der Waals surface area contributed by atoms with Gasteiger partial charge in [0.2, 0.25) is 0 Å². The van der Waals surface area contributed by atoms with Gasteiger partial charge in [0.05, 0.1) is 7.11 Å². The zero-order chi connectivity index (χ0) is 14.8. The molecule has 0 aromatic heterocycles. The number of esters is 1. The van der Waals surface area contributed by atoms with Crippen molar-refractivity contribution in [1.29, 1.82) is 0 Å². The molecule has 0 bridgehead atoms. The van der Waals surface area contributed by atoms with Gasteiger partial charge in [-0.1, -0.05) is 43.0 Å². The molecule has 0 fully saturated rings. The van der Waals surface area contributed by atoms with Crippen molar-refractivity contribution in [2.75, 3.05) is 7.11 Å². The zero-order valence-electron chi connectivity index (χ0n) is 11.9. The van der Waals surface area contributed by atoms with Crippen molar-refractivity contribution in [3.05, 3.63) is 60.2 Å². The number of hydrogen-bond acceptors (Lipinski definition) is 3. The van der Waals surface area contributed by atoms with Gasteiger partial charge in [-0.2, -0.15) is 0 Å². The van der Waals surface area contributed by atoms with Crippen LogP contribution in [0.15, 0.2) is 49.1 Å². The third kappa shape index (κ3) is 2.21. The highest BCUT2D eigenvalue weighted by Crippen LogP contribution is 2.42. The average molecular weight is 280 g/mol. The first-order valence-electron chi connectivity index (χ1n) is 6.86. The summed E-state index contributed by atoms with van der Waals surface area (Å²) in [7, 11) is 1.68. The summed E-state index contributed by atoms with van der Waals surface area (Å²) in [6, 6.07) is 7.81. The third-order valence-electron chi connectivity index (χ3n) is 3.71. The fraction of sp³-hybridized carbons (Fsp3) is 0.167. The summed E-state index contributed by atoms with van der Waals surface area (Å²) >= 11 is 0. The minimum absolute atomic E-state index is 0.443. The van der Waals surface area contributed by atoms with E-state index in [2.05, 4.69) is 18.7 Å². The van der Waals surface area contributed by atoms with Crippen LogP contribution in [0.1, 0.15) is 11.1 Å². The van der Waals surface area contributed by atoms with E-state index in [4.69, 9.17) is 9.47 Å². The van der Waals surface area contributed by atoms with Crippen LogP contribution in [-0.2, 0) is 17.6 Å². The first kappa shape index (κ1) is 13.4. The van der Waals surface area contributed by atoms with E-state index in [1.54, 1.807) is 7.11 Å². The van der Waals surface area contributed by atoms with Gasteiger partial charge in [0.1, 0.15) is 11.5 Å². The van der Waals surface area contributed by atoms with Crippen LogP contribution < -0.4 is 9.47 Å². The summed E-state index contributed by atoms with van der Waals surface area (Å²) in [5.74, 6) is 1.04. The second-order valence-corrected chi connectivity index (χ2v) is 4.87. The molecule has 3 heteroatoms. The van der Waals surface area contributed by atoms with E-state index in [1.807, 2.05) is 24.3 Å². The summed E-state index contributed by atoms with van der Waals surface area (Å²) < 4.78 is 11.1. The minimum Gasteiger partial charge on any atom is -0.496 e. The molecule has 0 N–H and O–H groups in total. The molecule has 2 aromatic carbocycles. The molecule has 1 aliphatic rings. The predicted octanol–water partition coefficient (Wildman–Crippen LogP) is 3.59. The van der Waals surface area contributed by atoms with Gasteiger partial charge in [-0.3, -0.25) is 0 Å². The Morgan fingerprint density at radius 2 is 1.67 bits per heavy atom. The lowest BCUT2D eigenvalue weighted by Crippen LogP contribution is -2.10. The maximum atomic E-state index is 11.7. The van der Waals surface area contributed by atoms with E-state index in [9.17, 15) is 4.79 Å². The smallest absolute Gasteiger partial charge is 0.335 e. The summed E-state index contributed by atoms with van der Waals surface area (Å²) in [6.45, 7) is 3.47. The Kier molecular flexibility index (Phi) is 3.48. The average Bonchev–Trinajstić information content (AvgIpc) is 2.54. The van der Waals surface area contributed by atoms with Gasteiger partial charge in [-0.15, -0.1) is 0 Å². The Morgan fingerprint density at radius 1 is 1.10 bits per heavy atom. The molecule has 3 nitrogen and oxygen atoms in total. The van der Waals surface area contributed by atoms with Gasteiger partial charge >= 0.3 is 5.97 Å². The Morgan fingerprint density at radius 3 is 2.24 bits per heavy atom. The van der Waals surface area contributed by atoms with Crippen molar-refractivity contribution in [3.63, 3.8) is 0 Å². The predicted molar refractivity (Wildman–Crippen MR) is 82.9 cm³/mol. The number of carbonyl (C=O) groups is 1. The number of methoxy groups -OCH3 is 1. The van der Waals surface area contributed by atoms with Crippen LogP contribution in [0.25, 0.3) is 10.8 Å². The highest BCUT2D eigenvalue weighted by molar-refractivity contribution is 5.98. The Bertz CT molecular complexity index is 757. The molecule has 0 saturated heterocycles. The van der Waals surface area contributed by atoms with E-state index in [0.717, 1.165) is 40.5 Å². The molecule has 0 atom stereocenters. The molecule has 0 heterocycles. The van der Waals surface area contributed by atoms with Gasteiger partial charge in [-0.05, 0) is 12.8 Å². The van der Waals surface area contributed by atoms with E-state index in [-0.39, 0.29) is 0 Å². The lowest BCUT2D eigenvalue weighted by atomic mass is 9.90. The molecule has 0 amide bonds. The van der Waals surface area contributed by atoms with Crippen molar-refractivity contribution in [2.24, 2.45) is 0 Å². The quantitative estimate of drug-likeness (QED) is 0.373. The van der Waals surface area contributed by atoms with Crippen LogP contribution in [0.4, 0.5) is 0 Å². The van der Waals surface area contributed by atoms with Crippen LogP contribution in [0, 0.1) is 0 Å². The number of rotatable bonds is 3. The molecule has 0 radical (unpaired) electrons. The second-order valence-electron chi connectivity index (χ2n) is 4.87. The number of hydrogen-bond donors (Lipinski definition) is 0. The fourth-order valence-electron chi connectivity index (χ4n) is 2.80. The number of carbonyl (C=O) groups excluding carboxylic acids is 1. The largest absolute Gasteiger partial charge is 0.496 e. The minimum atomic E-state index is -0.443. The van der Waals surface area contributed by atoms with Crippen molar-refractivity contribution in [2.45, 2.75) is 12.8 Å². The van der Waals surface area contributed by atoms with Crippen LogP contribution in [0.2, 0.25) is 0 Å². The van der Waals surface area contributed by atoms with E-state index < -0.39 is 5.97 Å². The number of allylic oxidation sites excluding steroid dienone is 2. The van der Waals surface area contributed by atoms with Crippen LogP contribution >= 0.6 is 0 Å². The van der Waals surface area contributed by atoms with E-state index in [0.29, 0.717) is 5.75 Å². The molecule has 3 rings (SSSR count). The maximum absolute atomic E-state index is 11.7. The fourth-order valence-corrected chi connectivity index (χ4v) is 2.80. The van der Waals surface area contributed by atoms with Gasteiger partial charge in [0.25, 0.3) is 0 Å². The first-order chi connectivity index (χ1) is 10.3. The van der Waals surface area contributed by atoms with Crippen molar-refractivity contribution < 1.29 is 14.3 Å². The monoisotopic (exact) mass is 280 g/mol. The van der Waals surface area contributed by atoms with Gasteiger partial charge in [-0.25, -0.2) is 4.79 Å². The molecular weight excluding hydrogens is 264 g/mol. The van der Waals surface area contributed by atoms with E-state index >= 15 is 0 Å². The van der Waals surface area contributed by atoms with Gasteiger partial charge in [0, 0.05) is 28.0 Å². The Balaban J connectivity index is 2.34. The lowest BCUT2D eigenvalue weighted by molar-refractivity contribution is -0.128.